The molecule has 0 aromatic carbocycles. The zero-order chi connectivity index (χ0) is 11.6. The number of rotatable bonds is 2. The molecular formula is C15H17N. The Kier molecular flexibility index (Phi) is 2.75. The van der Waals surface area contributed by atoms with Crippen LogP contribution in [0, 0.1) is 5.41 Å². The standard InChI is InChI=1S/C15H17N/c1-12-4-6-13(7-5-12)16-14-8-10-15(2,3)11-9-14/h4,6,8-10,16H,11H2,1-3H3. The molecule has 1 nitrogen and oxygen atoms in total. The third kappa shape index (κ3) is 2.67. The van der Waals surface area contributed by atoms with Crippen LogP contribution in [-0.2, 0) is 0 Å². The van der Waals surface area contributed by atoms with E-state index >= 15 is 0 Å². The van der Waals surface area contributed by atoms with Gasteiger partial charge >= 0.3 is 0 Å². The van der Waals surface area contributed by atoms with E-state index in [4.69, 9.17) is 0 Å². The summed E-state index contributed by atoms with van der Waals surface area (Å²) < 4.78 is 0. The molecule has 0 atom stereocenters. The van der Waals surface area contributed by atoms with Crippen LogP contribution >= 0.6 is 0 Å². The fraction of sp³-hybridized carbons (Fsp3) is 0.333. The SMILES string of the molecule is CC1=C=C=C(NC2=CCC(C)(C)C=C2)C=C1. The molecule has 2 aliphatic carbocycles. The Labute approximate surface area is 97.2 Å². The number of hydrogen-bond donors (Lipinski definition) is 1. The monoisotopic (exact) mass is 211 g/mol. The van der Waals surface area contributed by atoms with Gasteiger partial charge in [-0.25, -0.2) is 0 Å². The summed E-state index contributed by atoms with van der Waals surface area (Å²) in [6.07, 6.45) is 11.7. The van der Waals surface area contributed by atoms with Crippen LogP contribution in [0.5, 0.6) is 0 Å². The lowest BCUT2D eigenvalue weighted by atomic mass is 9.85. The van der Waals surface area contributed by atoms with Crippen molar-refractivity contribution in [2.45, 2.75) is 27.2 Å². The molecule has 0 aromatic heterocycles. The molecule has 0 radical (unpaired) electrons. The fourth-order valence-electron chi connectivity index (χ4n) is 1.60. The van der Waals surface area contributed by atoms with Crippen molar-refractivity contribution >= 4 is 0 Å². The van der Waals surface area contributed by atoms with Gasteiger partial charge in [-0.3, -0.25) is 0 Å². The largest absolute Gasteiger partial charge is 0.349 e. The molecule has 82 valence electrons. The van der Waals surface area contributed by atoms with Crippen molar-refractivity contribution < 1.29 is 0 Å². The van der Waals surface area contributed by atoms with Gasteiger partial charge in [-0.15, -0.1) is 0 Å². The molecule has 0 amide bonds. The molecule has 1 heteroatoms. The Bertz CT molecular complexity index is 486. The quantitative estimate of drug-likeness (QED) is 0.688. The van der Waals surface area contributed by atoms with E-state index in [1.165, 1.54) is 0 Å². The van der Waals surface area contributed by atoms with Crippen molar-refractivity contribution in [3.8, 4) is 0 Å². The van der Waals surface area contributed by atoms with Crippen molar-refractivity contribution in [3.63, 3.8) is 0 Å². The van der Waals surface area contributed by atoms with Gasteiger partial charge in [0, 0.05) is 5.70 Å². The predicted molar refractivity (Wildman–Crippen MR) is 67.6 cm³/mol. The van der Waals surface area contributed by atoms with E-state index < -0.39 is 0 Å². The molecule has 0 spiro atoms. The second-order valence-corrected chi connectivity index (χ2v) is 4.99. The highest BCUT2D eigenvalue weighted by molar-refractivity contribution is 5.35. The number of nitrogens with one attached hydrogen (secondary N) is 1. The van der Waals surface area contributed by atoms with Gasteiger partial charge in [0.2, 0.25) is 0 Å². The molecule has 0 aromatic rings. The fourth-order valence-corrected chi connectivity index (χ4v) is 1.60. The zero-order valence-corrected chi connectivity index (χ0v) is 10.1. The maximum atomic E-state index is 3.33. The zero-order valence-electron chi connectivity index (χ0n) is 10.1. The van der Waals surface area contributed by atoms with Gasteiger partial charge in [0.05, 0.1) is 5.70 Å². The summed E-state index contributed by atoms with van der Waals surface area (Å²) in [4.78, 5) is 0. The molecular weight excluding hydrogens is 194 g/mol. The normalized spacial score (nSPS) is 21.3. The topological polar surface area (TPSA) is 12.0 Å². The summed E-state index contributed by atoms with van der Waals surface area (Å²) in [5.41, 5.74) is 9.68. The molecule has 0 heterocycles. The first-order valence-corrected chi connectivity index (χ1v) is 5.62. The second-order valence-electron chi connectivity index (χ2n) is 4.99. The van der Waals surface area contributed by atoms with Crippen molar-refractivity contribution in [1.29, 1.82) is 0 Å². The Morgan fingerprint density at radius 2 is 2.00 bits per heavy atom. The van der Waals surface area contributed by atoms with Gasteiger partial charge in [-0.2, -0.15) is 0 Å². The third-order valence-electron chi connectivity index (χ3n) is 2.74. The maximum Gasteiger partial charge on any atom is 0.0901 e. The van der Waals surface area contributed by atoms with Crippen LogP contribution in [0.3, 0.4) is 0 Å². The lowest BCUT2D eigenvalue weighted by molar-refractivity contribution is 0.480. The van der Waals surface area contributed by atoms with E-state index in [1.807, 2.05) is 19.1 Å². The Morgan fingerprint density at radius 1 is 1.19 bits per heavy atom. The van der Waals surface area contributed by atoms with Crippen LogP contribution < -0.4 is 5.32 Å². The third-order valence-corrected chi connectivity index (χ3v) is 2.74. The molecule has 2 aliphatic rings. The summed E-state index contributed by atoms with van der Waals surface area (Å²) in [5, 5.41) is 3.33. The van der Waals surface area contributed by atoms with Crippen LogP contribution in [0.1, 0.15) is 27.2 Å². The number of hydrogen-bond acceptors (Lipinski definition) is 1. The Hall–Kier alpha value is -1.68. The molecule has 0 fully saturated rings. The van der Waals surface area contributed by atoms with E-state index in [1.54, 1.807) is 0 Å². The van der Waals surface area contributed by atoms with Gasteiger partial charge < -0.3 is 5.32 Å². The van der Waals surface area contributed by atoms with Gasteiger partial charge in [0.1, 0.15) is 0 Å². The van der Waals surface area contributed by atoms with Crippen LogP contribution in [0.25, 0.3) is 0 Å². The van der Waals surface area contributed by atoms with E-state index in [0.29, 0.717) is 0 Å². The van der Waals surface area contributed by atoms with E-state index in [2.05, 4.69) is 48.9 Å². The highest BCUT2D eigenvalue weighted by Crippen LogP contribution is 2.27. The molecule has 2 rings (SSSR count). The molecule has 0 aliphatic heterocycles. The molecule has 0 saturated heterocycles. The maximum absolute atomic E-state index is 3.33. The average Bonchev–Trinajstić information content (AvgIpc) is 2.24. The average molecular weight is 211 g/mol. The summed E-state index contributed by atoms with van der Waals surface area (Å²) >= 11 is 0. The van der Waals surface area contributed by atoms with Crippen LogP contribution in [0.4, 0.5) is 0 Å². The minimum atomic E-state index is 0.286. The van der Waals surface area contributed by atoms with E-state index in [-0.39, 0.29) is 5.41 Å². The van der Waals surface area contributed by atoms with Crippen LogP contribution in [0.2, 0.25) is 0 Å². The van der Waals surface area contributed by atoms with Crippen LogP contribution in [0.15, 0.2) is 58.8 Å². The first kappa shape index (κ1) is 10.8. The molecule has 16 heavy (non-hydrogen) atoms. The summed E-state index contributed by atoms with van der Waals surface area (Å²) in [5.74, 6) is 0. The van der Waals surface area contributed by atoms with Crippen LogP contribution in [-0.4, -0.2) is 0 Å². The number of allylic oxidation sites excluding steroid dienone is 6. The van der Waals surface area contributed by atoms with Crippen molar-refractivity contribution in [1.82, 2.24) is 5.32 Å². The minimum Gasteiger partial charge on any atom is -0.349 e. The summed E-state index contributed by atoms with van der Waals surface area (Å²) in [6, 6.07) is 0. The molecule has 0 unspecified atom stereocenters. The first-order chi connectivity index (χ1) is 7.55. The van der Waals surface area contributed by atoms with Gasteiger partial charge in [0.25, 0.3) is 0 Å². The summed E-state index contributed by atoms with van der Waals surface area (Å²) in [7, 11) is 0. The highest BCUT2D eigenvalue weighted by atomic mass is 14.9. The first-order valence-electron chi connectivity index (χ1n) is 5.62. The van der Waals surface area contributed by atoms with Crippen molar-refractivity contribution in [2.24, 2.45) is 5.41 Å². The predicted octanol–water partition coefficient (Wildman–Crippen LogP) is 3.60. The highest BCUT2D eigenvalue weighted by Gasteiger charge is 2.15. The van der Waals surface area contributed by atoms with Crippen molar-refractivity contribution in [3.05, 3.63) is 58.8 Å². The van der Waals surface area contributed by atoms with Gasteiger partial charge in [0.15, 0.2) is 0 Å². The van der Waals surface area contributed by atoms with Gasteiger partial charge in [-0.05, 0) is 48.3 Å². The van der Waals surface area contributed by atoms with E-state index in [9.17, 15) is 0 Å². The lowest BCUT2D eigenvalue weighted by Crippen LogP contribution is -2.16. The molecule has 0 bridgehead atoms. The van der Waals surface area contributed by atoms with E-state index in [0.717, 1.165) is 23.4 Å². The smallest absolute Gasteiger partial charge is 0.0901 e. The molecule has 0 saturated carbocycles. The summed E-state index contributed by atoms with van der Waals surface area (Å²) in [6.45, 7) is 6.49. The minimum absolute atomic E-state index is 0.286. The Morgan fingerprint density at radius 3 is 2.56 bits per heavy atom. The Balaban J connectivity index is 2.10. The van der Waals surface area contributed by atoms with Crippen molar-refractivity contribution in [2.75, 3.05) is 0 Å². The lowest BCUT2D eigenvalue weighted by Gasteiger charge is -2.23. The van der Waals surface area contributed by atoms with Gasteiger partial charge in [-0.1, -0.05) is 31.7 Å². The molecule has 1 N–H and O–H groups in total. The second kappa shape index (κ2) is 4.06.